The molecule has 0 atom stereocenters. The number of hydrogen-bond acceptors (Lipinski definition) is 2. The minimum atomic E-state index is -0.558. The second-order valence-corrected chi connectivity index (χ2v) is 1.80. The van der Waals surface area contributed by atoms with Gasteiger partial charge in [-0.3, -0.25) is 4.79 Å². The summed E-state index contributed by atoms with van der Waals surface area (Å²) in [7, 11) is 0. The van der Waals surface area contributed by atoms with Gasteiger partial charge in [0.25, 0.3) is 0 Å². The zero-order chi connectivity index (χ0) is 8.15. The van der Waals surface area contributed by atoms with Gasteiger partial charge < -0.3 is 11.5 Å². The number of rotatable bonds is 3. The topological polar surface area (TPSA) is 69.1 Å². The lowest BCUT2D eigenvalue weighted by Crippen LogP contribution is -2.11. The van der Waals surface area contributed by atoms with Crippen molar-refractivity contribution < 1.29 is 4.79 Å². The van der Waals surface area contributed by atoms with Crippen LogP contribution in [-0.4, -0.2) is 5.91 Å². The van der Waals surface area contributed by atoms with Gasteiger partial charge in [-0.15, -0.1) is 0 Å². The van der Waals surface area contributed by atoms with E-state index in [1.54, 1.807) is 0 Å². The van der Waals surface area contributed by atoms with Gasteiger partial charge in [-0.05, 0) is 12.2 Å². The van der Waals surface area contributed by atoms with E-state index in [1.165, 1.54) is 12.2 Å². The molecule has 0 heterocycles. The third kappa shape index (κ3) is 3.49. The minimum absolute atomic E-state index is 0.214. The Morgan fingerprint density at radius 2 is 1.70 bits per heavy atom. The van der Waals surface area contributed by atoms with Gasteiger partial charge in [0.1, 0.15) is 0 Å². The van der Waals surface area contributed by atoms with Crippen molar-refractivity contribution in [1.82, 2.24) is 0 Å². The highest BCUT2D eigenvalue weighted by Gasteiger charge is 1.93. The fourth-order valence-electron chi connectivity index (χ4n) is 0.290. The van der Waals surface area contributed by atoms with Crippen LogP contribution in [0.5, 0.6) is 0 Å². The van der Waals surface area contributed by atoms with Crippen molar-refractivity contribution in [2.75, 3.05) is 0 Å². The first-order chi connectivity index (χ1) is 4.54. The summed E-state index contributed by atoms with van der Waals surface area (Å²) in [6, 6.07) is 0. The number of carbonyl (C=O) groups excluding carboxylic acids is 1. The smallest absolute Gasteiger partial charge is 0.248 e. The standard InChI is InChI=1S/C7H10N2O/c1-5(7(9)10)3-4-6(2)8/h3-4H,1-2,8H2,(H2,9,10)/b4-3-. The summed E-state index contributed by atoms with van der Waals surface area (Å²) in [5.41, 5.74) is 10.6. The largest absolute Gasteiger partial charge is 0.399 e. The molecule has 0 bridgehead atoms. The van der Waals surface area contributed by atoms with E-state index >= 15 is 0 Å². The quantitative estimate of drug-likeness (QED) is 0.427. The van der Waals surface area contributed by atoms with Crippen LogP contribution in [0, 0.1) is 0 Å². The third-order valence-electron chi connectivity index (χ3n) is 0.815. The molecule has 0 radical (unpaired) electrons. The fraction of sp³-hybridized carbons (Fsp3) is 0. The zero-order valence-corrected chi connectivity index (χ0v) is 5.63. The van der Waals surface area contributed by atoms with Crippen molar-refractivity contribution in [1.29, 1.82) is 0 Å². The molecule has 0 unspecified atom stereocenters. The van der Waals surface area contributed by atoms with Crippen LogP contribution in [-0.2, 0) is 4.79 Å². The number of nitrogens with two attached hydrogens (primary N) is 2. The Balaban J connectivity index is 4.03. The van der Waals surface area contributed by atoms with Crippen molar-refractivity contribution in [3.8, 4) is 0 Å². The average molecular weight is 138 g/mol. The molecule has 0 saturated heterocycles. The highest BCUT2D eigenvalue weighted by molar-refractivity contribution is 5.94. The Hall–Kier alpha value is -1.51. The van der Waals surface area contributed by atoms with Gasteiger partial charge in [0, 0.05) is 11.3 Å². The number of allylic oxidation sites excluding steroid dienone is 1. The third-order valence-corrected chi connectivity index (χ3v) is 0.815. The Morgan fingerprint density at radius 3 is 2.00 bits per heavy atom. The van der Waals surface area contributed by atoms with Gasteiger partial charge >= 0.3 is 0 Å². The number of carbonyl (C=O) groups is 1. The Morgan fingerprint density at radius 1 is 1.20 bits per heavy atom. The van der Waals surface area contributed by atoms with Crippen LogP contribution in [0.15, 0.2) is 36.6 Å². The summed E-state index contributed by atoms with van der Waals surface area (Å²) in [6.45, 7) is 6.75. The molecule has 0 aromatic carbocycles. The molecule has 0 fully saturated rings. The highest BCUT2D eigenvalue weighted by Crippen LogP contribution is 1.92. The lowest BCUT2D eigenvalue weighted by molar-refractivity contribution is -0.114. The molecule has 0 aliphatic rings. The molecule has 4 N–H and O–H groups in total. The van der Waals surface area contributed by atoms with E-state index in [1.807, 2.05) is 0 Å². The summed E-state index contributed by atoms with van der Waals surface area (Å²) >= 11 is 0. The fourth-order valence-corrected chi connectivity index (χ4v) is 0.290. The molecule has 0 saturated carbocycles. The molecule has 3 heteroatoms. The molecule has 1 amide bonds. The molecule has 0 aromatic heterocycles. The Kier molecular flexibility index (Phi) is 2.97. The molecule has 0 spiro atoms. The maximum atomic E-state index is 10.3. The van der Waals surface area contributed by atoms with E-state index < -0.39 is 5.91 Å². The lowest BCUT2D eigenvalue weighted by atomic mass is 10.2. The summed E-state index contributed by atoms with van der Waals surface area (Å²) in [4.78, 5) is 10.3. The molecule has 3 nitrogen and oxygen atoms in total. The van der Waals surface area contributed by atoms with Crippen molar-refractivity contribution in [2.24, 2.45) is 11.5 Å². The van der Waals surface area contributed by atoms with E-state index in [9.17, 15) is 4.79 Å². The van der Waals surface area contributed by atoms with Gasteiger partial charge in [0.15, 0.2) is 0 Å². The van der Waals surface area contributed by atoms with Crippen LogP contribution >= 0.6 is 0 Å². The molecule has 0 aliphatic heterocycles. The van der Waals surface area contributed by atoms with Gasteiger partial charge in [0.05, 0.1) is 0 Å². The second-order valence-electron chi connectivity index (χ2n) is 1.80. The normalized spacial score (nSPS) is 9.60. The maximum Gasteiger partial charge on any atom is 0.248 e. The summed E-state index contributed by atoms with van der Waals surface area (Å²) in [5, 5.41) is 0. The Labute approximate surface area is 59.7 Å². The summed E-state index contributed by atoms with van der Waals surface area (Å²) in [6.07, 6.45) is 2.89. The number of hydrogen-bond donors (Lipinski definition) is 2. The van der Waals surface area contributed by atoms with Crippen LogP contribution in [0.2, 0.25) is 0 Å². The second kappa shape index (κ2) is 3.50. The Bertz CT molecular complexity index is 204. The van der Waals surface area contributed by atoms with E-state index in [2.05, 4.69) is 13.2 Å². The molecule has 0 aromatic rings. The first-order valence-corrected chi connectivity index (χ1v) is 2.65. The monoisotopic (exact) mass is 138 g/mol. The SMILES string of the molecule is C=C(N)/C=C\C(=C)C(N)=O. The number of amides is 1. The molecule has 10 heavy (non-hydrogen) atoms. The number of primary amides is 1. The maximum absolute atomic E-state index is 10.3. The van der Waals surface area contributed by atoms with Crippen molar-refractivity contribution in [2.45, 2.75) is 0 Å². The van der Waals surface area contributed by atoms with E-state index in [0.717, 1.165) is 0 Å². The molecular formula is C7H10N2O. The minimum Gasteiger partial charge on any atom is -0.399 e. The predicted octanol–water partition coefficient (Wildman–Crippen LogP) is 0.0565. The van der Waals surface area contributed by atoms with Gasteiger partial charge in [-0.2, -0.15) is 0 Å². The van der Waals surface area contributed by atoms with Crippen molar-refractivity contribution in [3.05, 3.63) is 36.6 Å². The van der Waals surface area contributed by atoms with Gasteiger partial charge in [-0.25, -0.2) is 0 Å². The van der Waals surface area contributed by atoms with Crippen LogP contribution in [0.25, 0.3) is 0 Å². The van der Waals surface area contributed by atoms with Gasteiger partial charge in [0.2, 0.25) is 5.91 Å². The van der Waals surface area contributed by atoms with E-state index in [0.29, 0.717) is 5.70 Å². The zero-order valence-electron chi connectivity index (χ0n) is 5.63. The van der Waals surface area contributed by atoms with E-state index in [4.69, 9.17) is 11.5 Å². The first kappa shape index (κ1) is 8.49. The van der Waals surface area contributed by atoms with Crippen LogP contribution in [0.1, 0.15) is 0 Å². The molecule has 0 aliphatic carbocycles. The van der Waals surface area contributed by atoms with Crippen molar-refractivity contribution >= 4 is 5.91 Å². The average Bonchev–Trinajstić information content (AvgIpc) is 1.82. The van der Waals surface area contributed by atoms with Crippen molar-refractivity contribution in [3.63, 3.8) is 0 Å². The van der Waals surface area contributed by atoms with Gasteiger partial charge in [-0.1, -0.05) is 13.2 Å². The molecular weight excluding hydrogens is 128 g/mol. The first-order valence-electron chi connectivity index (χ1n) is 2.65. The lowest BCUT2D eigenvalue weighted by Gasteiger charge is -1.89. The molecule has 54 valence electrons. The van der Waals surface area contributed by atoms with Crippen LogP contribution in [0.3, 0.4) is 0 Å². The molecule has 0 rings (SSSR count). The van der Waals surface area contributed by atoms with Crippen LogP contribution in [0.4, 0.5) is 0 Å². The highest BCUT2D eigenvalue weighted by atomic mass is 16.1. The van der Waals surface area contributed by atoms with E-state index in [-0.39, 0.29) is 5.57 Å². The summed E-state index contributed by atoms with van der Waals surface area (Å²) in [5.74, 6) is -0.558. The van der Waals surface area contributed by atoms with Crippen LogP contribution < -0.4 is 11.5 Å². The predicted molar refractivity (Wildman–Crippen MR) is 40.8 cm³/mol. The summed E-state index contributed by atoms with van der Waals surface area (Å²) < 4.78 is 0.